The zero-order valence-electron chi connectivity index (χ0n) is 8.58. The average molecular weight is 220 g/mol. The number of piperidine rings is 1. The van der Waals surface area contributed by atoms with E-state index in [0.29, 0.717) is 19.5 Å². The predicted octanol–water partition coefficient (Wildman–Crippen LogP) is 1.23. The maximum atomic E-state index is 11.3. The summed E-state index contributed by atoms with van der Waals surface area (Å²) in [6, 6.07) is 0. The zero-order chi connectivity index (χ0) is 10.6. The molecule has 0 saturated carbocycles. The zero-order valence-corrected chi connectivity index (χ0v) is 9.33. The van der Waals surface area contributed by atoms with Crippen LogP contribution in [0.4, 0.5) is 0 Å². The number of amides is 1. The van der Waals surface area contributed by atoms with Gasteiger partial charge in [-0.25, -0.2) is 0 Å². The van der Waals surface area contributed by atoms with Crippen molar-refractivity contribution >= 4 is 17.5 Å². The van der Waals surface area contributed by atoms with E-state index < -0.39 is 0 Å². The molecule has 0 radical (unpaired) electrons. The van der Waals surface area contributed by atoms with E-state index in [0.717, 1.165) is 12.8 Å². The lowest BCUT2D eigenvalue weighted by Gasteiger charge is -2.35. The van der Waals surface area contributed by atoms with Crippen molar-refractivity contribution in [1.82, 2.24) is 4.90 Å². The molecule has 1 amide bonds. The van der Waals surface area contributed by atoms with Crippen LogP contribution in [0.2, 0.25) is 0 Å². The Morgan fingerprint density at radius 1 is 1.64 bits per heavy atom. The molecule has 0 unspecified atom stereocenters. The van der Waals surface area contributed by atoms with Gasteiger partial charge in [-0.3, -0.25) is 4.79 Å². The van der Waals surface area contributed by atoms with Crippen LogP contribution in [0.25, 0.3) is 0 Å². The second-order valence-corrected chi connectivity index (χ2v) is 4.15. The minimum Gasteiger partial charge on any atom is -0.393 e. The first-order valence-electron chi connectivity index (χ1n) is 5.20. The number of halogens is 1. The molecule has 0 bridgehead atoms. The first-order chi connectivity index (χ1) is 6.69. The molecule has 1 saturated heterocycles. The number of carbonyl (C=O) groups is 1. The summed E-state index contributed by atoms with van der Waals surface area (Å²) < 4.78 is 0. The molecule has 1 fully saturated rings. The second-order valence-electron chi connectivity index (χ2n) is 3.88. The molecule has 82 valence electrons. The fraction of sp³-hybridized carbons (Fsp3) is 0.900. The lowest BCUT2D eigenvalue weighted by molar-refractivity contribution is -0.132. The fourth-order valence-corrected chi connectivity index (χ4v) is 2.15. The molecule has 3 nitrogen and oxygen atoms in total. The Morgan fingerprint density at radius 2 is 2.36 bits per heavy atom. The highest BCUT2D eigenvalue weighted by atomic mass is 35.5. The van der Waals surface area contributed by atoms with Gasteiger partial charge in [0.25, 0.3) is 0 Å². The van der Waals surface area contributed by atoms with Gasteiger partial charge in [-0.15, -0.1) is 11.6 Å². The topological polar surface area (TPSA) is 40.5 Å². The molecule has 1 N–H and O–H groups in total. The van der Waals surface area contributed by atoms with Crippen LogP contribution >= 0.6 is 11.6 Å². The number of alkyl halides is 1. The number of hydrogen-bond donors (Lipinski definition) is 1. The summed E-state index contributed by atoms with van der Waals surface area (Å²) in [5, 5.41) is 9.70. The third kappa shape index (κ3) is 2.85. The maximum Gasteiger partial charge on any atom is 0.237 e. The van der Waals surface area contributed by atoms with Gasteiger partial charge in [-0.1, -0.05) is 13.3 Å². The number of carbonyl (C=O) groups excluding carboxylic acids is 1. The second kappa shape index (κ2) is 5.56. The highest BCUT2D eigenvalue weighted by Gasteiger charge is 2.28. The summed E-state index contributed by atoms with van der Waals surface area (Å²) >= 11 is 5.49. The third-order valence-corrected chi connectivity index (χ3v) is 3.05. The molecule has 0 aliphatic carbocycles. The molecule has 0 aromatic carbocycles. The van der Waals surface area contributed by atoms with E-state index in [-0.39, 0.29) is 23.8 Å². The summed E-state index contributed by atoms with van der Waals surface area (Å²) in [6.45, 7) is 3.41. The molecule has 4 heteroatoms. The van der Waals surface area contributed by atoms with Crippen molar-refractivity contribution in [3.8, 4) is 0 Å². The van der Waals surface area contributed by atoms with E-state index in [1.165, 1.54) is 0 Å². The Balaban J connectivity index is 2.48. The van der Waals surface area contributed by atoms with Gasteiger partial charge >= 0.3 is 0 Å². The van der Waals surface area contributed by atoms with Crippen LogP contribution in [-0.2, 0) is 4.79 Å². The van der Waals surface area contributed by atoms with Crippen molar-refractivity contribution < 1.29 is 9.90 Å². The van der Waals surface area contributed by atoms with Gasteiger partial charge in [0.2, 0.25) is 5.91 Å². The molecule has 0 spiro atoms. The molecule has 1 aliphatic rings. The van der Waals surface area contributed by atoms with Gasteiger partial charge in [-0.2, -0.15) is 0 Å². The van der Waals surface area contributed by atoms with Crippen LogP contribution in [0.5, 0.6) is 0 Å². The van der Waals surface area contributed by atoms with Crippen molar-refractivity contribution in [3.05, 3.63) is 0 Å². The first kappa shape index (κ1) is 11.8. The summed E-state index contributed by atoms with van der Waals surface area (Å²) in [6.07, 6.45) is 2.47. The standard InChI is InChI=1S/C10H18ClNO2/c1-2-3-8-7-12(10(14)6-11)5-4-9(8)13/h8-9,13H,2-7H2,1H3/t8-,9-/m0/s1. The molecule has 1 aliphatic heterocycles. The summed E-state index contributed by atoms with van der Waals surface area (Å²) in [4.78, 5) is 13.1. The van der Waals surface area contributed by atoms with Gasteiger partial charge < -0.3 is 10.0 Å². The lowest BCUT2D eigenvalue weighted by atomic mass is 9.91. The molecule has 0 aromatic rings. The Labute approximate surface area is 90.0 Å². The Hall–Kier alpha value is -0.280. The van der Waals surface area contributed by atoms with Gasteiger partial charge in [0.15, 0.2) is 0 Å². The summed E-state index contributed by atoms with van der Waals surface area (Å²) in [7, 11) is 0. The normalized spacial score (nSPS) is 27.8. The van der Waals surface area contributed by atoms with Gasteiger partial charge in [0, 0.05) is 19.0 Å². The maximum absolute atomic E-state index is 11.3. The Bertz CT molecular complexity index is 199. The van der Waals surface area contributed by atoms with Crippen molar-refractivity contribution in [1.29, 1.82) is 0 Å². The van der Waals surface area contributed by atoms with E-state index in [9.17, 15) is 9.90 Å². The first-order valence-corrected chi connectivity index (χ1v) is 5.74. The molecular weight excluding hydrogens is 202 g/mol. The van der Waals surface area contributed by atoms with Crippen molar-refractivity contribution in [2.45, 2.75) is 32.3 Å². The Morgan fingerprint density at radius 3 is 2.93 bits per heavy atom. The largest absolute Gasteiger partial charge is 0.393 e. The number of hydrogen-bond acceptors (Lipinski definition) is 2. The minimum absolute atomic E-state index is 0.0142. The van der Waals surface area contributed by atoms with Crippen molar-refractivity contribution in [2.75, 3.05) is 19.0 Å². The smallest absolute Gasteiger partial charge is 0.237 e. The van der Waals surface area contributed by atoms with E-state index in [1.54, 1.807) is 4.90 Å². The van der Waals surface area contributed by atoms with Crippen LogP contribution in [0.15, 0.2) is 0 Å². The number of aliphatic hydroxyl groups excluding tert-OH is 1. The number of nitrogens with zero attached hydrogens (tertiary/aromatic N) is 1. The van der Waals surface area contributed by atoms with Gasteiger partial charge in [-0.05, 0) is 12.8 Å². The van der Waals surface area contributed by atoms with Crippen LogP contribution in [0.3, 0.4) is 0 Å². The van der Waals surface area contributed by atoms with Crippen LogP contribution in [0, 0.1) is 5.92 Å². The van der Waals surface area contributed by atoms with E-state index in [1.807, 2.05) is 0 Å². The van der Waals surface area contributed by atoms with Crippen LogP contribution in [0.1, 0.15) is 26.2 Å². The Kier molecular flexibility index (Phi) is 4.69. The van der Waals surface area contributed by atoms with Gasteiger partial charge in [0.05, 0.1) is 6.10 Å². The average Bonchev–Trinajstić information content (AvgIpc) is 2.20. The van der Waals surface area contributed by atoms with E-state index in [4.69, 9.17) is 11.6 Å². The molecule has 1 rings (SSSR count). The number of aliphatic hydroxyl groups is 1. The van der Waals surface area contributed by atoms with Crippen LogP contribution < -0.4 is 0 Å². The quantitative estimate of drug-likeness (QED) is 0.726. The SMILES string of the molecule is CCC[C@H]1CN(C(=O)CCl)CC[C@@H]1O. The van der Waals surface area contributed by atoms with Crippen LogP contribution in [-0.4, -0.2) is 41.0 Å². The van der Waals surface area contributed by atoms with E-state index in [2.05, 4.69) is 6.92 Å². The van der Waals surface area contributed by atoms with Crippen molar-refractivity contribution in [3.63, 3.8) is 0 Å². The van der Waals surface area contributed by atoms with Crippen molar-refractivity contribution in [2.24, 2.45) is 5.92 Å². The highest BCUT2D eigenvalue weighted by molar-refractivity contribution is 6.27. The lowest BCUT2D eigenvalue weighted by Crippen LogP contribution is -2.46. The third-order valence-electron chi connectivity index (χ3n) is 2.82. The number of likely N-dealkylation sites (tertiary alicyclic amines) is 1. The molecular formula is C10H18ClNO2. The molecule has 0 aromatic heterocycles. The number of rotatable bonds is 3. The summed E-state index contributed by atoms with van der Waals surface area (Å²) in [5.41, 5.74) is 0. The monoisotopic (exact) mass is 219 g/mol. The van der Waals surface area contributed by atoms with E-state index >= 15 is 0 Å². The minimum atomic E-state index is -0.241. The highest BCUT2D eigenvalue weighted by Crippen LogP contribution is 2.21. The molecule has 2 atom stereocenters. The molecule has 14 heavy (non-hydrogen) atoms. The predicted molar refractivity (Wildman–Crippen MR) is 56.3 cm³/mol. The van der Waals surface area contributed by atoms with Gasteiger partial charge in [0.1, 0.15) is 5.88 Å². The summed E-state index contributed by atoms with van der Waals surface area (Å²) in [5.74, 6) is 0.273. The fourth-order valence-electron chi connectivity index (χ4n) is 1.99. The molecule has 1 heterocycles.